The van der Waals surface area contributed by atoms with Crippen LogP contribution in [0.15, 0.2) is 18.2 Å². The second-order valence-corrected chi connectivity index (χ2v) is 5.90. The van der Waals surface area contributed by atoms with E-state index in [1.807, 2.05) is 6.92 Å². The zero-order valence-corrected chi connectivity index (χ0v) is 13.5. The molecule has 1 saturated heterocycles. The number of rotatable bonds is 6. The first-order valence-electron chi connectivity index (χ1n) is 7.71. The van der Waals surface area contributed by atoms with Gasteiger partial charge in [-0.2, -0.15) is 0 Å². The fraction of sp³-hybridized carbons (Fsp3) is 0.500. The van der Waals surface area contributed by atoms with Crippen LogP contribution in [0.3, 0.4) is 0 Å². The Bertz CT molecular complexity index is 542. The number of nitrogens with one attached hydrogen (secondary N) is 3. The van der Waals surface area contributed by atoms with Crippen LogP contribution in [0, 0.1) is 0 Å². The van der Waals surface area contributed by atoms with Crippen LogP contribution >= 0.6 is 11.6 Å². The lowest BCUT2D eigenvalue weighted by molar-refractivity contribution is -0.116. The molecule has 22 heavy (non-hydrogen) atoms. The van der Waals surface area contributed by atoms with Gasteiger partial charge in [0.2, 0.25) is 5.91 Å². The van der Waals surface area contributed by atoms with E-state index in [4.69, 9.17) is 11.6 Å². The summed E-state index contributed by atoms with van der Waals surface area (Å²) in [5, 5.41) is 9.23. The van der Waals surface area contributed by atoms with Crippen molar-refractivity contribution in [1.82, 2.24) is 10.6 Å². The summed E-state index contributed by atoms with van der Waals surface area (Å²) in [7, 11) is 0. The number of anilines is 1. The van der Waals surface area contributed by atoms with Crippen LogP contribution in [0.2, 0.25) is 5.02 Å². The van der Waals surface area contributed by atoms with Crippen LogP contribution in [0.5, 0.6) is 0 Å². The van der Waals surface area contributed by atoms with Gasteiger partial charge in [0, 0.05) is 24.7 Å². The van der Waals surface area contributed by atoms with Crippen LogP contribution in [-0.4, -0.2) is 30.9 Å². The van der Waals surface area contributed by atoms with Gasteiger partial charge in [-0.3, -0.25) is 9.59 Å². The second-order valence-electron chi connectivity index (χ2n) is 5.50. The highest BCUT2D eigenvalue weighted by atomic mass is 35.5. The minimum Gasteiger partial charge on any atom is -0.352 e. The molecule has 0 radical (unpaired) electrons. The average Bonchev–Trinajstić information content (AvgIpc) is 2.97. The Kier molecular flexibility index (Phi) is 6.21. The van der Waals surface area contributed by atoms with Gasteiger partial charge in [-0.05, 0) is 44.0 Å². The Morgan fingerprint density at radius 1 is 1.41 bits per heavy atom. The SMILES string of the molecule is CCCNC(=O)c1ccc(NC(=O)CC2CCCN2)cc1Cl. The molecule has 5 nitrogen and oxygen atoms in total. The van der Waals surface area contributed by atoms with E-state index in [1.165, 1.54) is 0 Å². The van der Waals surface area contributed by atoms with Gasteiger partial charge in [0.05, 0.1) is 10.6 Å². The molecule has 0 aliphatic carbocycles. The maximum Gasteiger partial charge on any atom is 0.252 e. The second kappa shape index (κ2) is 8.15. The predicted molar refractivity (Wildman–Crippen MR) is 88.3 cm³/mol. The normalized spacial score (nSPS) is 17.3. The lowest BCUT2D eigenvalue weighted by Crippen LogP contribution is -2.27. The molecule has 1 heterocycles. The van der Waals surface area contributed by atoms with E-state index < -0.39 is 0 Å². The van der Waals surface area contributed by atoms with E-state index in [9.17, 15) is 9.59 Å². The maximum atomic E-state index is 12.0. The Morgan fingerprint density at radius 3 is 2.86 bits per heavy atom. The summed E-state index contributed by atoms with van der Waals surface area (Å²) in [5.41, 5.74) is 1.03. The molecule has 0 aromatic heterocycles. The Hall–Kier alpha value is -1.59. The highest BCUT2D eigenvalue weighted by Crippen LogP contribution is 2.21. The molecule has 0 saturated carbocycles. The van der Waals surface area contributed by atoms with Crippen molar-refractivity contribution in [1.29, 1.82) is 0 Å². The van der Waals surface area contributed by atoms with Crippen molar-refractivity contribution in [2.45, 2.75) is 38.6 Å². The number of amides is 2. The summed E-state index contributed by atoms with van der Waals surface area (Å²) >= 11 is 6.13. The van der Waals surface area contributed by atoms with Crippen molar-refractivity contribution in [3.63, 3.8) is 0 Å². The smallest absolute Gasteiger partial charge is 0.252 e. The van der Waals surface area contributed by atoms with Gasteiger partial charge in [-0.1, -0.05) is 18.5 Å². The molecular weight excluding hydrogens is 302 g/mol. The van der Waals surface area contributed by atoms with Gasteiger partial charge in [-0.25, -0.2) is 0 Å². The molecule has 6 heteroatoms. The van der Waals surface area contributed by atoms with Crippen molar-refractivity contribution >= 4 is 29.1 Å². The van der Waals surface area contributed by atoms with Gasteiger partial charge >= 0.3 is 0 Å². The Morgan fingerprint density at radius 2 is 2.23 bits per heavy atom. The van der Waals surface area contributed by atoms with Crippen molar-refractivity contribution in [2.24, 2.45) is 0 Å². The molecule has 1 fully saturated rings. The quantitative estimate of drug-likeness (QED) is 0.753. The van der Waals surface area contributed by atoms with Crippen molar-refractivity contribution in [3.05, 3.63) is 28.8 Å². The van der Waals surface area contributed by atoms with Crippen molar-refractivity contribution in [3.8, 4) is 0 Å². The third-order valence-corrected chi connectivity index (χ3v) is 3.94. The molecule has 2 amide bonds. The standard InChI is InChI=1S/C16H22ClN3O2/c1-2-7-19-16(22)13-6-5-12(9-14(13)17)20-15(21)10-11-4-3-8-18-11/h5-6,9,11,18H,2-4,7-8,10H2,1H3,(H,19,22)(H,20,21). The molecule has 120 valence electrons. The zero-order valence-electron chi connectivity index (χ0n) is 12.7. The molecule has 1 aliphatic heterocycles. The molecule has 2 rings (SSSR count). The highest BCUT2D eigenvalue weighted by molar-refractivity contribution is 6.34. The van der Waals surface area contributed by atoms with E-state index in [1.54, 1.807) is 18.2 Å². The molecular formula is C16H22ClN3O2. The monoisotopic (exact) mass is 323 g/mol. The van der Waals surface area contributed by atoms with E-state index in [0.29, 0.717) is 29.2 Å². The minimum absolute atomic E-state index is 0.0429. The lowest BCUT2D eigenvalue weighted by Gasteiger charge is -2.12. The van der Waals surface area contributed by atoms with E-state index in [2.05, 4.69) is 16.0 Å². The van der Waals surface area contributed by atoms with Gasteiger partial charge in [0.1, 0.15) is 0 Å². The minimum atomic E-state index is -0.195. The number of carbonyl (C=O) groups excluding carboxylic acids is 2. The fourth-order valence-corrected chi connectivity index (χ4v) is 2.74. The predicted octanol–water partition coefficient (Wildman–Crippen LogP) is 2.56. The Labute approximate surface area is 135 Å². The molecule has 1 aromatic rings. The largest absolute Gasteiger partial charge is 0.352 e. The van der Waals surface area contributed by atoms with Crippen molar-refractivity contribution < 1.29 is 9.59 Å². The molecule has 1 aromatic carbocycles. The van der Waals surface area contributed by atoms with Crippen LogP contribution in [0.25, 0.3) is 0 Å². The number of benzene rings is 1. The number of halogens is 1. The molecule has 3 N–H and O–H groups in total. The first kappa shape index (κ1) is 16.8. The summed E-state index contributed by atoms with van der Waals surface area (Å²) in [6.07, 6.45) is 3.47. The van der Waals surface area contributed by atoms with Crippen molar-refractivity contribution in [2.75, 3.05) is 18.4 Å². The van der Waals surface area contributed by atoms with E-state index >= 15 is 0 Å². The first-order valence-corrected chi connectivity index (χ1v) is 8.09. The summed E-state index contributed by atoms with van der Waals surface area (Å²) in [6.45, 7) is 3.58. The third kappa shape index (κ3) is 4.71. The lowest BCUT2D eigenvalue weighted by atomic mass is 10.1. The van der Waals surface area contributed by atoms with E-state index in [-0.39, 0.29) is 17.9 Å². The van der Waals surface area contributed by atoms with Crippen LogP contribution < -0.4 is 16.0 Å². The molecule has 1 aliphatic rings. The molecule has 1 unspecified atom stereocenters. The third-order valence-electron chi connectivity index (χ3n) is 3.63. The number of carbonyl (C=O) groups is 2. The van der Waals surface area contributed by atoms with Crippen LogP contribution in [-0.2, 0) is 4.79 Å². The van der Waals surface area contributed by atoms with Gasteiger partial charge in [-0.15, -0.1) is 0 Å². The van der Waals surface area contributed by atoms with E-state index in [0.717, 1.165) is 25.8 Å². The van der Waals surface area contributed by atoms with Gasteiger partial charge in [0.25, 0.3) is 5.91 Å². The summed E-state index contributed by atoms with van der Waals surface area (Å²) in [4.78, 5) is 23.9. The van der Waals surface area contributed by atoms with Crippen LogP contribution in [0.4, 0.5) is 5.69 Å². The molecule has 0 spiro atoms. The summed E-state index contributed by atoms with van der Waals surface area (Å²) < 4.78 is 0. The number of hydrogen-bond donors (Lipinski definition) is 3. The zero-order chi connectivity index (χ0) is 15.9. The summed E-state index contributed by atoms with van der Waals surface area (Å²) in [6, 6.07) is 5.21. The van der Waals surface area contributed by atoms with Gasteiger partial charge < -0.3 is 16.0 Å². The topological polar surface area (TPSA) is 70.2 Å². The fourth-order valence-electron chi connectivity index (χ4n) is 2.48. The van der Waals surface area contributed by atoms with Crippen LogP contribution in [0.1, 0.15) is 43.0 Å². The Balaban J connectivity index is 1.93. The maximum absolute atomic E-state index is 12.0. The molecule has 1 atom stereocenters. The number of hydrogen-bond acceptors (Lipinski definition) is 3. The first-order chi connectivity index (χ1) is 10.6. The average molecular weight is 324 g/mol. The molecule has 0 bridgehead atoms. The summed E-state index contributed by atoms with van der Waals surface area (Å²) in [5.74, 6) is -0.237. The van der Waals surface area contributed by atoms with Gasteiger partial charge in [0.15, 0.2) is 0 Å². The highest BCUT2D eigenvalue weighted by Gasteiger charge is 2.18.